The summed E-state index contributed by atoms with van der Waals surface area (Å²) in [7, 11) is 0. The predicted octanol–water partition coefficient (Wildman–Crippen LogP) is 2.06. The third-order valence-corrected chi connectivity index (χ3v) is 3.61. The molecule has 1 aromatic heterocycles. The monoisotopic (exact) mass is 208 g/mol. The van der Waals surface area contributed by atoms with Crippen LogP contribution in [0.1, 0.15) is 32.5 Å². The molecule has 0 aliphatic heterocycles. The van der Waals surface area contributed by atoms with Gasteiger partial charge >= 0.3 is 0 Å². The molecule has 84 valence electrons. The smallest absolute Gasteiger partial charge is 0.134 e. The maximum atomic E-state index is 9.07. The van der Waals surface area contributed by atoms with Crippen molar-refractivity contribution < 1.29 is 5.11 Å². The molecule has 1 N–H and O–H groups in total. The number of nitrogens with zero attached hydrogens (tertiary/aromatic N) is 2. The van der Waals surface area contributed by atoms with Gasteiger partial charge in [-0.05, 0) is 30.6 Å². The van der Waals surface area contributed by atoms with Crippen LogP contribution in [0.15, 0.2) is 12.4 Å². The van der Waals surface area contributed by atoms with Gasteiger partial charge in [-0.1, -0.05) is 13.8 Å². The van der Waals surface area contributed by atoms with Crippen LogP contribution < -0.4 is 0 Å². The zero-order chi connectivity index (χ0) is 10.8. The number of aliphatic hydroxyl groups excluding tert-OH is 1. The molecule has 0 saturated heterocycles. The fraction of sp³-hybridized carbons (Fsp3) is 0.750. The molecule has 0 radical (unpaired) electrons. The fourth-order valence-corrected chi connectivity index (χ4v) is 2.42. The molecule has 0 atom stereocenters. The Kier molecular flexibility index (Phi) is 3.10. The molecular weight excluding hydrogens is 188 g/mol. The summed E-state index contributed by atoms with van der Waals surface area (Å²) in [4.78, 5) is 4.11. The van der Waals surface area contributed by atoms with Crippen LogP contribution >= 0.6 is 0 Å². The molecule has 15 heavy (non-hydrogen) atoms. The van der Waals surface area contributed by atoms with Crippen molar-refractivity contribution in [3.63, 3.8) is 0 Å². The first-order valence-electron chi connectivity index (χ1n) is 5.81. The molecular formula is C12H20N2O. The topological polar surface area (TPSA) is 38.0 Å². The highest BCUT2D eigenvalue weighted by Crippen LogP contribution is 2.39. The minimum absolute atomic E-state index is 0.0489. The van der Waals surface area contributed by atoms with E-state index in [9.17, 15) is 0 Å². The minimum atomic E-state index is 0.0489. The Morgan fingerprint density at radius 2 is 2.27 bits per heavy atom. The van der Waals surface area contributed by atoms with Crippen LogP contribution in [0.25, 0.3) is 0 Å². The molecule has 1 aliphatic carbocycles. The van der Waals surface area contributed by atoms with Gasteiger partial charge in [0, 0.05) is 18.9 Å². The third-order valence-electron chi connectivity index (χ3n) is 3.61. The van der Waals surface area contributed by atoms with E-state index in [1.807, 2.05) is 6.20 Å². The Morgan fingerprint density at radius 3 is 2.87 bits per heavy atom. The quantitative estimate of drug-likeness (QED) is 0.822. The number of rotatable bonds is 4. The summed E-state index contributed by atoms with van der Waals surface area (Å²) in [6.07, 6.45) is 6.40. The van der Waals surface area contributed by atoms with Gasteiger partial charge in [-0.15, -0.1) is 0 Å². The Balaban J connectivity index is 1.85. The van der Waals surface area contributed by atoms with Crippen LogP contribution in [0.3, 0.4) is 0 Å². The van der Waals surface area contributed by atoms with Crippen molar-refractivity contribution in [1.82, 2.24) is 9.55 Å². The van der Waals surface area contributed by atoms with Crippen LogP contribution in [0, 0.1) is 17.8 Å². The van der Waals surface area contributed by atoms with Gasteiger partial charge in [0.2, 0.25) is 0 Å². The van der Waals surface area contributed by atoms with Crippen molar-refractivity contribution in [3.05, 3.63) is 18.2 Å². The highest BCUT2D eigenvalue weighted by molar-refractivity contribution is 4.92. The molecule has 3 heteroatoms. The molecule has 1 aromatic rings. The molecule has 3 nitrogen and oxygen atoms in total. The van der Waals surface area contributed by atoms with Gasteiger partial charge in [0.05, 0.1) is 0 Å². The lowest BCUT2D eigenvalue weighted by atomic mass is 9.69. The molecule has 0 aromatic carbocycles. The van der Waals surface area contributed by atoms with E-state index in [2.05, 4.69) is 23.4 Å². The van der Waals surface area contributed by atoms with E-state index in [1.165, 1.54) is 12.8 Å². The SMILES string of the molecule is CC(C)[C@H]1C[C@@H](Cn2ccnc2CO)C1. The molecule has 2 rings (SSSR count). The summed E-state index contributed by atoms with van der Waals surface area (Å²) in [6, 6.07) is 0. The number of imidazole rings is 1. The van der Waals surface area contributed by atoms with Gasteiger partial charge in [0.15, 0.2) is 0 Å². The largest absolute Gasteiger partial charge is 0.388 e. The predicted molar refractivity (Wildman–Crippen MR) is 59.2 cm³/mol. The van der Waals surface area contributed by atoms with E-state index in [0.717, 1.165) is 30.1 Å². The molecule has 0 spiro atoms. The fourth-order valence-electron chi connectivity index (χ4n) is 2.42. The lowest BCUT2D eigenvalue weighted by molar-refractivity contribution is 0.123. The zero-order valence-electron chi connectivity index (χ0n) is 9.56. The van der Waals surface area contributed by atoms with E-state index in [0.29, 0.717) is 0 Å². The normalized spacial score (nSPS) is 25.6. The number of aromatic nitrogens is 2. The summed E-state index contributed by atoms with van der Waals surface area (Å²) in [5, 5.41) is 9.07. The summed E-state index contributed by atoms with van der Waals surface area (Å²) in [5.74, 6) is 3.32. The molecule has 0 unspecified atom stereocenters. The molecule has 1 fully saturated rings. The minimum Gasteiger partial charge on any atom is -0.388 e. The molecule has 0 bridgehead atoms. The maximum absolute atomic E-state index is 9.07. The van der Waals surface area contributed by atoms with E-state index in [-0.39, 0.29) is 6.61 Å². The molecule has 1 heterocycles. The first-order valence-corrected chi connectivity index (χ1v) is 5.81. The Labute approximate surface area is 91.1 Å². The van der Waals surface area contributed by atoms with Crippen molar-refractivity contribution in [2.45, 2.75) is 39.8 Å². The molecule has 0 amide bonds. The summed E-state index contributed by atoms with van der Waals surface area (Å²) < 4.78 is 2.08. The third kappa shape index (κ3) is 2.23. The van der Waals surface area contributed by atoms with Gasteiger partial charge in [0.25, 0.3) is 0 Å². The first-order chi connectivity index (χ1) is 7.20. The second-order valence-corrected chi connectivity index (χ2v) is 5.00. The van der Waals surface area contributed by atoms with Crippen molar-refractivity contribution in [2.24, 2.45) is 17.8 Å². The van der Waals surface area contributed by atoms with Crippen LogP contribution in [-0.2, 0) is 13.2 Å². The maximum Gasteiger partial charge on any atom is 0.134 e. The number of aliphatic hydroxyl groups is 1. The van der Waals surface area contributed by atoms with Gasteiger partial charge in [-0.3, -0.25) is 0 Å². The summed E-state index contributed by atoms with van der Waals surface area (Å²) in [6.45, 7) is 5.68. The Hall–Kier alpha value is -0.830. The van der Waals surface area contributed by atoms with Crippen molar-refractivity contribution in [2.75, 3.05) is 0 Å². The lowest BCUT2D eigenvalue weighted by Crippen LogP contribution is -2.31. The number of hydrogen-bond donors (Lipinski definition) is 1. The average molecular weight is 208 g/mol. The van der Waals surface area contributed by atoms with Gasteiger partial charge < -0.3 is 9.67 Å². The van der Waals surface area contributed by atoms with Crippen LogP contribution in [0.2, 0.25) is 0 Å². The second kappa shape index (κ2) is 4.35. The average Bonchev–Trinajstić information content (AvgIpc) is 2.56. The highest BCUT2D eigenvalue weighted by atomic mass is 16.3. The standard InChI is InChI=1S/C12H20N2O/c1-9(2)11-5-10(6-11)7-14-4-3-13-12(14)8-15/h3-4,9-11,15H,5-8H2,1-2H3/t10-,11+. The van der Waals surface area contributed by atoms with Crippen molar-refractivity contribution in [1.29, 1.82) is 0 Å². The van der Waals surface area contributed by atoms with Crippen LogP contribution in [0.5, 0.6) is 0 Å². The Morgan fingerprint density at radius 1 is 1.53 bits per heavy atom. The van der Waals surface area contributed by atoms with E-state index in [4.69, 9.17) is 5.11 Å². The lowest BCUT2D eigenvalue weighted by Gasteiger charge is -2.38. The van der Waals surface area contributed by atoms with Gasteiger partial charge in [-0.2, -0.15) is 0 Å². The Bertz CT molecular complexity index is 313. The van der Waals surface area contributed by atoms with Gasteiger partial charge in [0.1, 0.15) is 12.4 Å². The van der Waals surface area contributed by atoms with Crippen LogP contribution in [0.4, 0.5) is 0 Å². The highest BCUT2D eigenvalue weighted by Gasteiger charge is 2.31. The van der Waals surface area contributed by atoms with Crippen molar-refractivity contribution >= 4 is 0 Å². The van der Waals surface area contributed by atoms with Crippen LogP contribution in [-0.4, -0.2) is 14.7 Å². The van der Waals surface area contributed by atoms with Gasteiger partial charge in [-0.25, -0.2) is 4.98 Å². The molecule has 1 saturated carbocycles. The summed E-state index contributed by atoms with van der Waals surface area (Å²) in [5.41, 5.74) is 0. The van der Waals surface area contributed by atoms with E-state index >= 15 is 0 Å². The molecule has 1 aliphatic rings. The van der Waals surface area contributed by atoms with Crippen molar-refractivity contribution in [3.8, 4) is 0 Å². The zero-order valence-corrected chi connectivity index (χ0v) is 9.56. The van der Waals surface area contributed by atoms with E-state index < -0.39 is 0 Å². The second-order valence-electron chi connectivity index (χ2n) is 5.00. The van der Waals surface area contributed by atoms with E-state index in [1.54, 1.807) is 6.20 Å². The summed E-state index contributed by atoms with van der Waals surface area (Å²) >= 11 is 0. The first kappa shape index (κ1) is 10.7. The number of hydrogen-bond acceptors (Lipinski definition) is 2.